The second-order valence-corrected chi connectivity index (χ2v) is 8.46. The predicted molar refractivity (Wildman–Crippen MR) is 92.5 cm³/mol. The molecule has 20 heavy (non-hydrogen) atoms. The van der Waals surface area contributed by atoms with Crippen molar-refractivity contribution in [1.29, 1.82) is 0 Å². The molecule has 0 amide bonds. The van der Waals surface area contributed by atoms with E-state index in [9.17, 15) is 0 Å². The molecular formula is C19H37Cl. The summed E-state index contributed by atoms with van der Waals surface area (Å²) in [6.45, 7) is 9.56. The lowest BCUT2D eigenvalue weighted by Gasteiger charge is -2.42. The predicted octanol–water partition coefficient (Wildman–Crippen LogP) is 7.20. The van der Waals surface area contributed by atoms with Crippen molar-refractivity contribution in [2.75, 3.05) is 0 Å². The van der Waals surface area contributed by atoms with Gasteiger partial charge >= 0.3 is 0 Å². The quantitative estimate of drug-likeness (QED) is 0.312. The minimum Gasteiger partial charge on any atom is -0.123 e. The molecule has 3 atom stereocenters. The maximum absolute atomic E-state index is 6.66. The van der Waals surface area contributed by atoms with E-state index >= 15 is 0 Å². The molecule has 1 fully saturated rings. The van der Waals surface area contributed by atoms with Crippen LogP contribution in [0.25, 0.3) is 0 Å². The zero-order valence-electron chi connectivity index (χ0n) is 14.4. The lowest BCUT2D eigenvalue weighted by atomic mass is 9.66. The van der Waals surface area contributed by atoms with Crippen LogP contribution in [0.2, 0.25) is 0 Å². The van der Waals surface area contributed by atoms with Gasteiger partial charge in [0, 0.05) is 5.38 Å². The number of alkyl halides is 1. The van der Waals surface area contributed by atoms with Crippen LogP contribution in [-0.2, 0) is 0 Å². The largest absolute Gasteiger partial charge is 0.123 e. The molecule has 3 unspecified atom stereocenters. The second kappa shape index (κ2) is 9.34. The Morgan fingerprint density at radius 2 is 1.55 bits per heavy atom. The average molecular weight is 301 g/mol. The van der Waals surface area contributed by atoms with Gasteiger partial charge < -0.3 is 0 Å². The molecule has 1 aliphatic carbocycles. The van der Waals surface area contributed by atoms with Gasteiger partial charge in [-0.2, -0.15) is 0 Å². The Kier molecular flexibility index (Phi) is 8.56. The smallest absolute Gasteiger partial charge is 0.0371 e. The topological polar surface area (TPSA) is 0 Å². The molecule has 0 nitrogen and oxygen atoms in total. The van der Waals surface area contributed by atoms with Crippen molar-refractivity contribution in [3.05, 3.63) is 0 Å². The highest BCUT2D eigenvalue weighted by molar-refractivity contribution is 6.20. The number of hydrogen-bond acceptors (Lipinski definition) is 0. The van der Waals surface area contributed by atoms with Crippen molar-refractivity contribution in [2.45, 2.75) is 104 Å². The van der Waals surface area contributed by atoms with Crippen LogP contribution in [0.3, 0.4) is 0 Å². The second-order valence-electron chi connectivity index (χ2n) is 7.90. The molecule has 120 valence electrons. The Hall–Kier alpha value is 0.290. The fourth-order valence-electron chi connectivity index (χ4n) is 3.91. The Morgan fingerprint density at radius 3 is 2.15 bits per heavy atom. The van der Waals surface area contributed by atoms with Gasteiger partial charge in [-0.05, 0) is 36.5 Å². The molecule has 1 aliphatic rings. The van der Waals surface area contributed by atoms with E-state index < -0.39 is 0 Å². The van der Waals surface area contributed by atoms with Gasteiger partial charge in [-0.15, -0.1) is 11.6 Å². The summed E-state index contributed by atoms with van der Waals surface area (Å²) in [5.41, 5.74) is 0.440. The van der Waals surface area contributed by atoms with E-state index in [1.165, 1.54) is 70.6 Å². The molecule has 0 aromatic carbocycles. The zero-order valence-corrected chi connectivity index (χ0v) is 15.1. The summed E-state index contributed by atoms with van der Waals surface area (Å²) in [7, 11) is 0. The van der Waals surface area contributed by atoms with Crippen LogP contribution in [0.4, 0.5) is 0 Å². The van der Waals surface area contributed by atoms with Crippen molar-refractivity contribution in [2.24, 2.45) is 17.3 Å². The first-order valence-corrected chi connectivity index (χ1v) is 9.55. The minimum absolute atomic E-state index is 0.415. The summed E-state index contributed by atoms with van der Waals surface area (Å²) in [5, 5.41) is 0.415. The van der Waals surface area contributed by atoms with Crippen LogP contribution in [-0.4, -0.2) is 5.38 Å². The van der Waals surface area contributed by atoms with Crippen molar-refractivity contribution < 1.29 is 0 Å². The SMILES string of the molecule is CCCCCCCCCC(C)(C)C1CCC(C)CC1Cl. The maximum Gasteiger partial charge on any atom is 0.0371 e. The first-order chi connectivity index (χ1) is 9.47. The van der Waals surface area contributed by atoms with Crippen LogP contribution in [0, 0.1) is 17.3 Å². The number of unbranched alkanes of at least 4 members (excludes halogenated alkanes) is 6. The van der Waals surface area contributed by atoms with Crippen LogP contribution in [0.15, 0.2) is 0 Å². The molecular weight excluding hydrogens is 264 g/mol. The highest BCUT2D eigenvalue weighted by atomic mass is 35.5. The Balaban J connectivity index is 2.20. The average Bonchev–Trinajstić information content (AvgIpc) is 2.37. The third-order valence-corrected chi connectivity index (χ3v) is 5.95. The summed E-state index contributed by atoms with van der Waals surface area (Å²) < 4.78 is 0. The van der Waals surface area contributed by atoms with E-state index in [4.69, 9.17) is 11.6 Å². The molecule has 0 aromatic heterocycles. The lowest BCUT2D eigenvalue weighted by molar-refractivity contribution is 0.128. The summed E-state index contributed by atoms with van der Waals surface area (Å²) >= 11 is 6.66. The highest BCUT2D eigenvalue weighted by Gasteiger charge is 2.37. The first kappa shape index (κ1) is 18.3. The fourth-order valence-corrected chi connectivity index (χ4v) is 4.69. The molecule has 0 heterocycles. The fraction of sp³-hybridized carbons (Fsp3) is 1.00. The molecule has 0 radical (unpaired) electrons. The minimum atomic E-state index is 0.415. The summed E-state index contributed by atoms with van der Waals surface area (Å²) in [6, 6.07) is 0. The van der Waals surface area contributed by atoms with Gasteiger partial charge in [0.05, 0.1) is 0 Å². The first-order valence-electron chi connectivity index (χ1n) is 9.11. The van der Waals surface area contributed by atoms with Crippen molar-refractivity contribution in [1.82, 2.24) is 0 Å². The highest BCUT2D eigenvalue weighted by Crippen LogP contribution is 2.45. The van der Waals surface area contributed by atoms with Gasteiger partial charge in [0.15, 0.2) is 0 Å². The normalized spacial score (nSPS) is 27.8. The van der Waals surface area contributed by atoms with E-state index in [2.05, 4.69) is 27.7 Å². The van der Waals surface area contributed by atoms with E-state index in [-0.39, 0.29) is 0 Å². The summed E-state index contributed by atoms with van der Waals surface area (Å²) in [4.78, 5) is 0. The molecule has 0 aromatic rings. The Morgan fingerprint density at radius 1 is 0.950 bits per heavy atom. The van der Waals surface area contributed by atoms with E-state index in [1.807, 2.05) is 0 Å². The molecule has 0 spiro atoms. The van der Waals surface area contributed by atoms with Crippen molar-refractivity contribution in [3.63, 3.8) is 0 Å². The van der Waals surface area contributed by atoms with Crippen molar-refractivity contribution >= 4 is 11.6 Å². The van der Waals surface area contributed by atoms with Crippen LogP contribution < -0.4 is 0 Å². The standard InChI is InChI=1S/C19H37Cl/c1-5-6-7-8-9-10-11-14-19(3,4)17-13-12-16(2)15-18(17)20/h16-18H,5-15H2,1-4H3. The van der Waals surface area contributed by atoms with Gasteiger partial charge in [-0.3, -0.25) is 0 Å². The van der Waals surface area contributed by atoms with E-state index in [0.29, 0.717) is 10.8 Å². The molecule has 1 rings (SSSR count). The summed E-state index contributed by atoms with van der Waals surface area (Å²) in [5.74, 6) is 1.57. The molecule has 0 N–H and O–H groups in total. The lowest BCUT2D eigenvalue weighted by Crippen LogP contribution is -2.35. The van der Waals surface area contributed by atoms with Gasteiger partial charge in [-0.25, -0.2) is 0 Å². The maximum atomic E-state index is 6.66. The van der Waals surface area contributed by atoms with Gasteiger partial charge in [0.1, 0.15) is 0 Å². The van der Waals surface area contributed by atoms with Crippen LogP contribution in [0.5, 0.6) is 0 Å². The van der Waals surface area contributed by atoms with Gasteiger partial charge in [-0.1, -0.05) is 79.1 Å². The summed E-state index contributed by atoms with van der Waals surface area (Å²) in [6.07, 6.45) is 15.2. The Bertz CT molecular complexity index is 246. The number of halogens is 1. The van der Waals surface area contributed by atoms with E-state index in [1.54, 1.807) is 0 Å². The molecule has 0 bridgehead atoms. The van der Waals surface area contributed by atoms with Gasteiger partial charge in [0.25, 0.3) is 0 Å². The molecule has 1 saturated carbocycles. The molecule has 0 saturated heterocycles. The Labute approximate surface area is 133 Å². The van der Waals surface area contributed by atoms with E-state index in [0.717, 1.165) is 11.8 Å². The monoisotopic (exact) mass is 300 g/mol. The van der Waals surface area contributed by atoms with Crippen LogP contribution in [0.1, 0.15) is 98.3 Å². The third-order valence-electron chi connectivity index (χ3n) is 5.46. The zero-order chi connectivity index (χ0) is 15.0. The van der Waals surface area contributed by atoms with Crippen LogP contribution >= 0.6 is 11.6 Å². The van der Waals surface area contributed by atoms with Gasteiger partial charge in [0.2, 0.25) is 0 Å². The molecule has 0 aliphatic heterocycles. The van der Waals surface area contributed by atoms with Crippen molar-refractivity contribution in [3.8, 4) is 0 Å². The number of hydrogen-bond donors (Lipinski definition) is 0. The molecule has 1 heteroatoms. The third kappa shape index (κ3) is 6.37. The number of rotatable bonds is 9.